The number of hydrogen-bond donors (Lipinski definition) is 1. The van der Waals surface area contributed by atoms with Crippen molar-refractivity contribution in [2.24, 2.45) is 0 Å². The van der Waals surface area contributed by atoms with Gasteiger partial charge in [0, 0.05) is 23.3 Å². The minimum Gasteiger partial charge on any atom is -0.325 e. The van der Waals surface area contributed by atoms with E-state index >= 15 is 0 Å². The molecule has 5 heteroatoms. The van der Waals surface area contributed by atoms with E-state index in [0.29, 0.717) is 22.3 Å². The van der Waals surface area contributed by atoms with Crippen LogP contribution in [0.4, 0.5) is 11.4 Å². The Morgan fingerprint density at radius 2 is 1.76 bits per heavy atom. The quantitative estimate of drug-likeness (QED) is 0.837. The van der Waals surface area contributed by atoms with Crippen LogP contribution in [0, 0.1) is 6.92 Å². The van der Waals surface area contributed by atoms with Gasteiger partial charge in [-0.25, -0.2) is 0 Å². The Hall–Kier alpha value is -2.33. The minimum atomic E-state index is -0.260. The third-order valence-corrected chi connectivity index (χ3v) is 4.42. The number of nitrogens with one attached hydrogen (secondary N) is 1. The van der Waals surface area contributed by atoms with Crippen molar-refractivity contribution in [1.82, 2.24) is 0 Å². The molecule has 2 aromatic rings. The summed E-state index contributed by atoms with van der Waals surface area (Å²) in [5, 5.41) is 3.39. The molecule has 1 N–H and O–H groups in total. The number of benzene rings is 2. The molecule has 0 heterocycles. The SMILES string of the molecule is CC(=O)N(CC(=O)Nc1ccc(C(C)C)cc1)c1ccc(C)c(Cl)c1. The Bertz CT molecular complexity index is 770. The molecule has 0 radical (unpaired) electrons. The third-order valence-electron chi connectivity index (χ3n) is 4.01. The largest absolute Gasteiger partial charge is 0.325 e. The molecule has 25 heavy (non-hydrogen) atoms. The molecule has 0 aliphatic heterocycles. The smallest absolute Gasteiger partial charge is 0.244 e. The summed E-state index contributed by atoms with van der Waals surface area (Å²) in [6.07, 6.45) is 0. The van der Waals surface area contributed by atoms with Crippen molar-refractivity contribution in [3.8, 4) is 0 Å². The van der Waals surface area contributed by atoms with Crippen molar-refractivity contribution < 1.29 is 9.59 Å². The molecule has 0 aromatic heterocycles. The molecule has 4 nitrogen and oxygen atoms in total. The first-order valence-electron chi connectivity index (χ1n) is 8.22. The van der Waals surface area contributed by atoms with Gasteiger partial charge in [-0.05, 0) is 48.2 Å². The second kappa shape index (κ2) is 8.17. The van der Waals surface area contributed by atoms with Crippen molar-refractivity contribution in [1.29, 1.82) is 0 Å². The van der Waals surface area contributed by atoms with Crippen molar-refractivity contribution >= 4 is 34.8 Å². The van der Waals surface area contributed by atoms with Crippen LogP contribution in [0.1, 0.15) is 37.8 Å². The second-order valence-electron chi connectivity index (χ2n) is 6.36. The molecule has 0 unspecified atom stereocenters. The van der Waals surface area contributed by atoms with Gasteiger partial charge < -0.3 is 10.2 Å². The Balaban J connectivity index is 2.09. The lowest BCUT2D eigenvalue weighted by Crippen LogP contribution is -2.36. The maximum atomic E-state index is 12.3. The number of amides is 2. The number of halogens is 1. The van der Waals surface area contributed by atoms with Gasteiger partial charge in [0.15, 0.2) is 0 Å². The zero-order valence-electron chi connectivity index (χ0n) is 15.0. The number of carbonyl (C=O) groups excluding carboxylic acids is 2. The van der Waals surface area contributed by atoms with Crippen molar-refractivity contribution in [2.75, 3.05) is 16.8 Å². The van der Waals surface area contributed by atoms with Crippen molar-refractivity contribution in [3.63, 3.8) is 0 Å². The molecule has 0 aliphatic carbocycles. The van der Waals surface area contributed by atoms with Crippen LogP contribution in [0.25, 0.3) is 0 Å². The first-order chi connectivity index (χ1) is 11.8. The zero-order valence-corrected chi connectivity index (χ0v) is 15.7. The minimum absolute atomic E-state index is 0.0688. The third kappa shape index (κ3) is 5.07. The lowest BCUT2D eigenvalue weighted by molar-refractivity contribution is -0.120. The molecule has 0 spiro atoms. The fourth-order valence-electron chi connectivity index (χ4n) is 2.43. The van der Waals surface area contributed by atoms with Crippen molar-refractivity contribution in [3.05, 3.63) is 58.6 Å². The summed E-state index contributed by atoms with van der Waals surface area (Å²) >= 11 is 6.13. The monoisotopic (exact) mass is 358 g/mol. The number of hydrogen-bond acceptors (Lipinski definition) is 2. The summed E-state index contributed by atoms with van der Waals surface area (Å²) in [5.41, 5.74) is 3.44. The fourth-order valence-corrected chi connectivity index (χ4v) is 2.60. The molecule has 0 fully saturated rings. The molecule has 2 rings (SSSR count). The summed E-state index contributed by atoms with van der Waals surface area (Å²) in [6, 6.07) is 13.0. The molecule has 2 amide bonds. The van der Waals surface area contributed by atoms with Gasteiger partial charge in [-0.2, -0.15) is 0 Å². The normalized spacial score (nSPS) is 10.6. The summed E-state index contributed by atoms with van der Waals surface area (Å²) in [5.74, 6) is -0.0429. The molecule has 2 aromatic carbocycles. The van der Waals surface area contributed by atoms with Gasteiger partial charge in [0.25, 0.3) is 0 Å². The second-order valence-corrected chi connectivity index (χ2v) is 6.77. The number of nitrogens with zero attached hydrogens (tertiary/aromatic N) is 1. The van der Waals surface area contributed by atoms with E-state index < -0.39 is 0 Å². The molecular weight excluding hydrogens is 336 g/mol. The number of carbonyl (C=O) groups is 2. The van der Waals surface area contributed by atoms with E-state index in [9.17, 15) is 9.59 Å². The van der Waals surface area contributed by atoms with Gasteiger partial charge in [0.1, 0.15) is 6.54 Å². The summed E-state index contributed by atoms with van der Waals surface area (Å²) in [6.45, 7) is 7.48. The van der Waals surface area contributed by atoms with Gasteiger partial charge in [-0.3, -0.25) is 9.59 Å². The van der Waals surface area contributed by atoms with Crippen LogP contribution < -0.4 is 10.2 Å². The molecule has 0 aliphatic rings. The average molecular weight is 359 g/mol. The zero-order chi connectivity index (χ0) is 18.6. The van der Waals surface area contributed by atoms with Crippen LogP contribution in [-0.4, -0.2) is 18.4 Å². The highest BCUT2D eigenvalue weighted by Crippen LogP contribution is 2.23. The number of aryl methyl sites for hydroxylation is 1. The van der Waals surface area contributed by atoms with Crippen LogP contribution in [0.3, 0.4) is 0 Å². The van der Waals surface area contributed by atoms with E-state index in [2.05, 4.69) is 19.2 Å². The van der Waals surface area contributed by atoms with E-state index in [0.717, 1.165) is 5.56 Å². The average Bonchev–Trinajstić information content (AvgIpc) is 2.55. The van der Waals surface area contributed by atoms with Crippen LogP contribution in [0.15, 0.2) is 42.5 Å². The number of rotatable bonds is 5. The Labute approximate surface area is 153 Å². The van der Waals surface area contributed by atoms with E-state index in [1.165, 1.54) is 17.4 Å². The highest BCUT2D eigenvalue weighted by molar-refractivity contribution is 6.31. The predicted molar refractivity (Wildman–Crippen MR) is 103 cm³/mol. The Kier molecular flexibility index (Phi) is 6.21. The molecule has 0 bridgehead atoms. The first-order valence-corrected chi connectivity index (χ1v) is 8.59. The molecular formula is C20H23ClN2O2. The van der Waals surface area contributed by atoms with E-state index in [-0.39, 0.29) is 18.4 Å². The van der Waals surface area contributed by atoms with Gasteiger partial charge in [-0.1, -0.05) is 43.6 Å². The molecule has 0 saturated heterocycles. The highest BCUT2D eigenvalue weighted by atomic mass is 35.5. The van der Waals surface area contributed by atoms with Crippen LogP contribution in [0.5, 0.6) is 0 Å². The Morgan fingerprint density at radius 3 is 2.28 bits per heavy atom. The topological polar surface area (TPSA) is 49.4 Å². The van der Waals surface area contributed by atoms with Crippen LogP contribution in [-0.2, 0) is 9.59 Å². The fraction of sp³-hybridized carbons (Fsp3) is 0.300. The van der Waals surface area contributed by atoms with Crippen LogP contribution >= 0.6 is 11.6 Å². The molecule has 132 valence electrons. The Morgan fingerprint density at radius 1 is 1.12 bits per heavy atom. The molecule has 0 atom stereocenters. The van der Waals surface area contributed by atoms with Gasteiger partial charge in [0.05, 0.1) is 0 Å². The molecule has 0 saturated carbocycles. The number of anilines is 2. The lowest BCUT2D eigenvalue weighted by atomic mass is 10.0. The standard InChI is InChI=1S/C20H23ClN2O2/c1-13(2)16-6-8-17(9-7-16)22-20(25)12-23(15(4)24)18-10-5-14(3)19(21)11-18/h5-11,13H,12H2,1-4H3,(H,22,25). The maximum absolute atomic E-state index is 12.3. The van der Waals surface area contributed by atoms with Crippen molar-refractivity contribution in [2.45, 2.75) is 33.6 Å². The van der Waals surface area contributed by atoms with E-state index in [1.54, 1.807) is 12.1 Å². The first kappa shape index (κ1) is 19.0. The summed E-state index contributed by atoms with van der Waals surface area (Å²) in [4.78, 5) is 25.7. The predicted octanol–water partition coefficient (Wildman–Crippen LogP) is 4.76. The van der Waals surface area contributed by atoms with E-state index in [1.807, 2.05) is 37.3 Å². The van der Waals surface area contributed by atoms with Gasteiger partial charge in [0.2, 0.25) is 11.8 Å². The summed E-state index contributed by atoms with van der Waals surface area (Å²) < 4.78 is 0. The summed E-state index contributed by atoms with van der Waals surface area (Å²) in [7, 11) is 0. The van der Waals surface area contributed by atoms with Crippen LogP contribution in [0.2, 0.25) is 5.02 Å². The van der Waals surface area contributed by atoms with Gasteiger partial charge in [-0.15, -0.1) is 0 Å². The highest BCUT2D eigenvalue weighted by Gasteiger charge is 2.16. The maximum Gasteiger partial charge on any atom is 0.244 e. The lowest BCUT2D eigenvalue weighted by Gasteiger charge is -2.21. The van der Waals surface area contributed by atoms with Gasteiger partial charge >= 0.3 is 0 Å². The van der Waals surface area contributed by atoms with E-state index in [4.69, 9.17) is 11.6 Å².